The van der Waals surface area contributed by atoms with E-state index in [1.165, 1.54) is 11.5 Å². The van der Waals surface area contributed by atoms with E-state index < -0.39 is 0 Å². The highest BCUT2D eigenvalue weighted by Crippen LogP contribution is 2.11. The summed E-state index contributed by atoms with van der Waals surface area (Å²) in [6, 6.07) is 0. The van der Waals surface area contributed by atoms with E-state index in [1.54, 1.807) is 0 Å². The second kappa shape index (κ2) is 5.16. The Bertz CT molecular complexity index is 49.6. The molecule has 0 aliphatic rings. The first-order chi connectivity index (χ1) is 4.13. The van der Waals surface area contributed by atoms with Gasteiger partial charge < -0.3 is 0 Å². The molecule has 0 saturated heterocycles. The van der Waals surface area contributed by atoms with Crippen LogP contribution in [-0.2, 0) is 0 Å². The first-order valence-corrected chi connectivity index (χ1v) is 4.86. The fourth-order valence-electron chi connectivity index (χ4n) is 0.539. The molecule has 1 heteroatoms. The van der Waals surface area contributed by atoms with Gasteiger partial charge in [-0.1, -0.05) is 27.7 Å². The zero-order valence-corrected chi connectivity index (χ0v) is 7.79. The van der Waals surface area contributed by atoms with E-state index in [2.05, 4.69) is 39.5 Å². The second-order valence-corrected chi connectivity index (χ2v) is 4.40. The molecule has 0 amide bonds. The van der Waals surface area contributed by atoms with Gasteiger partial charge in [-0.2, -0.15) is 11.8 Å². The van der Waals surface area contributed by atoms with Crippen LogP contribution in [0.25, 0.3) is 0 Å². The number of rotatable bonds is 4. The second-order valence-electron chi connectivity index (χ2n) is 3.33. The van der Waals surface area contributed by atoms with Gasteiger partial charge in [0.05, 0.1) is 0 Å². The third-order valence-corrected chi connectivity index (χ3v) is 2.71. The lowest BCUT2D eigenvalue weighted by molar-refractivity contribution is 0.730. The molecule has 0 atom stereocenters. The monoisotopic (exact) mass is 146 g/mol. The maximum Gasteiger partial charge on any atom is -0.00443 e. The molecule has 0 aromatic carbocycles. The largest absolute Gasteiger partial charge is 0.161 e. The van der Waals surface area contributed by atoms with Gasteiger partial charge in [0.25, 0.3) is 0 Å². The summed E-state index contributed by atoms with van der Waals surface area (Å²) in [6.45, 7) is 9.08. The van der Waals surface area contributed by atoms with Crippen molar-refractivity contribution >= 4 is 11.8 Å². The molecule has 0 aromatic heterocycles. The van der Waals surface area contributed by atoms with Crippen molar-refractivity contribution in [1.82, 2.24) is 0 Å². The van der Waals surface area contributed by atoms with Gasteiger partial charge in [-0.25, -0.2) is 0 Å². The molecule has 0 spiro atoms. The summed E-state index contributed by atoms with van der Waals surface area (Å²) in [5, 5.41) is 0. The summed E-state index contributed by atoms with van der Waals surface area (Å²) in [5.74, 6) is 4.35. The Morgan fingerprint density at radius 1 is 0.889 bits per heavy atom. The van der Waals surface area contributed by atoms with Crippen molar-refractivity contribution in [2.75, 3.05) is 11.5 Å². The van der Waals surface area contributed by atoms with Crippen molar-refractivity contribution in [1.29, 1.82) is 0 Å². The Kier molecular flexibility index (Phi) is 5.36. The normalized spacial score (nSPS) is 11.3. The van der Waals surface area contributed by atoms with E-state index in [0.717, 1.165) is 11.8 Å². The first-order valence-electron chi connectivity index (χ1n) is 3.70. The van der Waals surface area contributed by atoms with Crippen LogP contribution in [0, 0.1) is 11.8 Å². The van der Waals surface area contributed by atoms with Gasteiger partial charge in [0.1, 0.15) is 0 Å². The van der Waals surface area contributed by atoms with Crippen molar-refractivity contribution in [2.45, 2.75) is 27.7 Å². The highest BCUT2D eigenvalue weighted by atomic mass is 32.2. The van der Waals surface area contributed by atoms with Gasteiger partial charge >= 0.3 is 0 Å². The minimum absolute atomic E-state index is 0.855. The van der Waals surface area contributed by atoms with E-state index in [9.17, 15) is 0 Å². The van der Waals surface area contributed by atoms with E-state index in [0.29, 0.717) is 0 Å². The molecule has 0 nitrogen and oxygen atoms in total. The summed E-state index contributed by atoms with van der Waals surface area (Å²) < 4.78 is 0. The third-order valence-electron chi connectivity index (χ3n) is 0.902. The van der Waals surface area contributed by atoms with E-state index >= 15 is 0 Å². The van der Waals surface area contributed by atoms with Gasteiger partial charge in [0.15, 0.2) is 0 Å². The van der Waals surface area contributed by atoms with Crippen molar-refractivity contribution in [3.8, 4) is 0 Å². The lowest BCUT2D eigenvalue weighted by atomic mass is 10.3. The summed E-state index contributed by atoms with van der Waals surface area (Å²) in [5.41, 5.74) is 0. The number of thioether (sulfide) groups is 1. The summed E-state index contributed by atoms with van der Waals surface area (Å²) in [7, 11) is 0. The van der Waals surface area contributed by atoms with Gasteiger partial charge in [0.2, 0.25) is 0 Å². The van der Waals surface area contributed by atoms with Crippen LogP contribution in [0.5, 0.6) is 0 Å². The molecule has 0 radical (unpaired) electrons. The molecular weight excluding hydrogens is 128 g/mol. The van der Waals surface area contributed by atoms with Gasteiger partial charge in [-0.15, -0.1) is 0 Å². The predicted octanol–water partition coefficient (Wildman–Crippen LogP) is 3.03. The minimum Gasteiger partial charge on any atom is -0.161 e. The third kappa shape index (κ3) is 8.35. The van der Waals surface area contributed by atoms with Crippen LogP contribution in [0.1, 0.15) is 27.7 Å². The zero-order chi connectivity index (χ0) is 7.28. The molecule has 0 aromatic rings. The Balaban J connectivity index is 2.91. The van der Waals surface area contributed by atoms with Gasteiger partial charge in [0, 0.05) is 0 Å². The molecule has 0 fully saturated rings. The van der Waals surface area contributed by atoms with Crippen molar-refractivity contribution < 1.29 is 0 Å². The fraction of sp³-hybridized carbons (Fsp3) is 1.00. The van der Waals surface area contributed by atoms with Gasteiger partial charge in [-0.3, -0.25) is 0 Å². The Labute approximate surface area is 63.4 Å². The Morgan fingerprint density at radius 3 is 1.44 bits per heavy atom. The SMILES string of the molecule is CC(C)CSCC(C)C. The topological polar surface area (TPSA) is 0 Å². The molecule has 9 heavy (non-hydrogen) atoms. The van der Waals surface area contributed by atoms with Crippen molar-refractivity contribution in [3.05, 3.63) is 0 Å². The van der Waals surface area contributed by atoms with Crippen molar-refractivity contribution in [2.24, 2.45) is 11.8 Å². The van der Waals surface area contributed by atoms with Crippen LogP contribution < -0.4 is 0 Å². The molecule has 0 saturated carbocycles. The average Bonchev–Trinajstić information content (AvgIpc) is 1.63. The number of hydrogen-bond acceptors (Lipinski definition) is 1. The van der Waals surface area contributed by atoms with Crippen molar-refractivity contribution in [3.63, 3.8) is 0 Å². The molecule has 0 heterocycles. The molecule has 0 unspecified atom stereocenters. The lowest BCUT2D eigenvalue weighted by Gasteiger charge is -2.05. The van der Waals surface area contributed by atoms with Crippen LogP contribution in [0.4, 0.5) is 0 Å². The molecule has 0 rings (SSSR count). The van der Waals surface area contributed by atoms with E-state index in [4.69, 9.17) is 0 Å². The first kappa shape index (κ1) is 9.35. The molecule has 0 aliphatic heterocycles. The maximum atomic E-state index is 2.27. The maximum absolute atomic E-state index is 2.27. The molecule has 0 N–H and O–H groups in total. The number of hydrogen-bond donors (Lipinski definition) is 0. The lowest BCUT2D eigenvalue weighted by Crippen LogP contribution is -1.96. The predicted molar refractivity (Wildman–Crippen MR) is 47.0 cm³/mol. The van der Waals surface area contributed by atoms with Crippen LogP contribution in [0.15, 0.2) is 0 Å². The fourth-order valence-corrected chi connectivity index (χ4v) is 1.62. The molecule has 56 valence electrons. The summed E-state index contributed by atoms with van der Waals surface area (Å²) in [4.78, 5) is 0. The molecule has 0 bridgehead atoms. The highest BCUT2D eigenvalue weighted by molar-refractivity contribution is 7.99. The smallest absolute Gasteiger partial charge is 0.00443 e. The average molecular weight is 146 g/mol. The van der Waals surface area contributed by atoms with Gasteiger partial charge in [-0.05, 0) is 23.3 Å². The van der Waals surface area contributed by atoms with E-state index in [-0.39, 0.29) is 0 Å². The molecule has 0 aliphatic carbocycles. The zero-order valence-electron chi connectivity index (χ0n) is 6.98. The van der Waals surface area contributed by atoms with Crippen LogP contribution in [0.3, 0.4) is 0 Å². The minimum atomic E-state index is 0.855. The standard InChI is InChI=1S/C8H18S/c1-7(2)5-9-6-8(3)4/h7-8H,5-6H2,1-4H3. The quantitative estimate of drug-likeness (QED) is 0.587. The van der Waals surface area contributed by atoms with Crippen LogP contribution >= 0.6 is 11.8 Å². The van der Waals surface area contributed by atoms with Crippen LogP contribution in [0.2, 0.25) is 0 Å². The molecular formula is C8H18S. The van der Waals surface area contributed by atoms with Crippen LogP contribution in [-0.4, -0.2) is 11.5 Å². The Morgan fingerprint density at radius 2 is 1.22 bits per heavy atom. The summed E-state index contributed by atoms with van der Waals surface area (Å²) in [6.07, 6.45) is 0. The Hall–Kier alpha value is 0.350. The van der Waals surface area contributed by atoms with E-state index in [1.807, 2.05) is 0 Å². The highest BCUT2D eigenvalue weighted by Gasteiger charge is 1.95. The summed E-state index contributed by atoms with van der Waals surface area (Å²) >= 11 is 2.07.